The quantitative estimate of drug-likeness (QED) is 0.462. The molecule has 3 rings (SSSR count). The molecule has 0 atom stereocenters. The Morgan fingerprint density at radius 1 is 0.812 bits per heavy atom. The highest BCUT2D eigenvalue weighted by molar-refractivity contribution is 7.80. The molecule has 0 aromatic heterocycles. The summed E-state index contributed by atoms with van der Waals surface area (Å²) in [4.78, 5) is 4.62. The van der Waals surface area contributed by atoms with Crippen LogP contribution in [0.2, 0.25) is 0 Å². The second kappa shape index (κ2) is 13.3. The van der Waals surface area contributed by atoms with Crippen molar-refractivity contribution in [3.63, 3.8) is 0 Å². The molecule has 1 saturated heterocycles. The number of anilines is 2. The fraction of sp³-hybridized carbons (Fsp3) is 0.364. The SMILES string of the molecule is COc1ccc(NC(=S)NCCN2CCN(C(=S)Nc3ccc(OC)cc3)CC2)cc1.[Cl-]. The Labute approximate surface area is 206 Å². The van der Waals surface area contributed by atoms with Crippen LogP contribution in [0.1, 0.15) is 0 Å². The molecule has 2 aromatic rings. The van der Waals surface area contributed by atoms with Gasteiger partial charge in [-0.25, -0.2) is 0 Å². The van der Waals surface area contributed by atoms with Gasteiger partial charge in [0.2, 0.25) is 0 Å². The maximum atomic E-state index is 5.57. The predicted octanol–water partition coefficient (Wildman–Crippen LogP) is 0.00880. The second-order valence-corrected chi connectivity index (χ2v) is 7.89. The lowest BCUT2D eigenvalue weighted by atomic mass is 10.3. The molecular weight excluding hydrogens is 466 g/mol. The van der Waals surface area contributed by atoms with Gasteiger partial charge in [0.05, 0.1) is 14.2 Å². The molecule has 1 fully saturated rings. The third-order valence-corrected chi connectivity index (χ3v) is 5.67. The van der Waals surface area contributed by atoms with E-state index in [0.717, 1.165) is 67.3 Å². The Bertz CT molecular complexity index is 857. The average molecular weight is 495 g/mol. The maximum Gasteiger partial charge on any atom is 0.173 e. The number of methoxy groups -OCH3 is 2. The van der Waals surface area contributed by atoms with Crippen LogP contribution in [-0.2, 0) is 0 Å². The summed E-state index contributed by atoms with van der Waals surface area (Å²) in [6.07, 6.45) is 0. The van der Waals surface area contributed by atoms with Crippen LogP contribution in [0.3, 0.4) is 0 Å². The van der Waals surface area contributed by atoms with Crippen molar-refractivity contribution in [3.8, 4) is 11.5 Å². The number of rotatable bonds is 7. The Morgan fingerprint density at radius 2 is 1.31 bits per heavy atom. The van der Waals surface area contributed by atoms with Gasteiger partial charge < -0.3 is 42.7 Å². The lowest BCUT2D eigenvalue weighted by Crippen LogP contribution is -3.00. The van der Waals surface area contributed by atoms with Gasteiger partial charge in [0, 0.05) is 50.6 Å². The van der Waals surface area contributed by atoms with Gasteiger partial charge in [-0.3, -0.25) is 4.90 Å². The van der Waals surface area contributed by atoms with Gasteiger partial charge in [-0.1, -0.05) is 0 Å². The average Bonchev–Trinajstić information content (AvgIpc) is 2.80. The van der Waals surface area contributed by atoms with Crippen LogP contribution in [0.15, 0.2) is 48.5 Å². The van der Waals surface area contributed by atoms with Gasteiger partial charge in [-0.2, -0.15) is 0 Å². The first-order valence-corrected chi connectivity index (χ1v) is 11.0. The molecule has 0 bridgehead atoms. The first-order chi connectivity index (χ1) is 15.1. The van der Waals surface area contributed by atoms with E-state index >= 15 is 0 Å². The monoisotopic (exact) mass is 494 g/mol. The van der Waals surface area contributed by atoms with E-state index in [4.69, 9.17) is 33.9 Å². The summed E-state index contributed by atoms with van der Waals surface area (Å²) in [6, 6.07) is 15.5. The number of hydrogen-bond acceptors (Lipinski definition) is 5. The number of benzene rings is 2. The van der Waals surface area contributed by atoms with Crippen molar-refractivity contribution < 1.29 is 21.9 Å². The molecule has 32 heavy (non-hydrogen) atoms. The second-order valence-electron chi connectivity index (χ2n) is 7.10. The zero-order valence-corrected chi connectivity index (χ0v) is 20.7. The predicted molar refractivity (Wildman–Crippen MR) is 134 cm³/mol. The number of nitrogens with zero attached hydrogens (tertiary/aromatic N) is 2. The molecule has 0 radical (unpaired) electrons. The van der Waals surface area contributed by atoms with E-state index in [1.165, 1.54) is 0 Å². The number of piperazine rings is 1. The molecule has 0 aliphatic carbocycles. The molecular formula is C22H29ClN5O2S2-. The third kappa shape index (κ3) is 7.98. The highest BCUT2D eigenvalue weighted by atomic mass is 35.5. The van der Waals surface area contributed by atoms with Crippen molar-refractivity contribution in [1.29, 1.82) is 0 Å². The molecule has 0 amide bonds. The Balaban J connectivity index is 0.00000363. The van der Waals surface area contributed by atoms with Gasteiger partial charge in [-0.05, 0) is 73.0 Å². The fourth-order valence-electron chi connectivity index (χ4n) is 3.23. The summed E-state index contributed by atoms with van der Waals surface area (Å²) in [5.41, 5.74) is 1.90. The zero-order chi connectivity index (χ0) is 22.1. The normalized spacial score (nSPS) is 13.5. The molecule has 2 aromatic carbocycles. The van der Waals surface area contributed by atoms with Crippen LogP contribution in [0.5, 0.6) is 11.5 Å². The highest BCUT2D eigenvalue weighted by Gasteiger charge is 2.18. The van der Waals surface area contributed by atoms with Crippen molar-refractivity contribution in [2.45, 2.75) is 0 Å². The summed E-state index contributed by atoms with van der Waals surface area (Å²) in [5.74, 6) is 1.65. The molecule has 7 nitrogen and oxygen atoms in total. The minimum atomic E-state index is 0. The van der Waals surface area contributed by atoms with Crippen LogP contribution >= 0.6 is 24.4 Å². The summed E-state index contributed by atoms with van der Waals surface area (Å²) < 4.78 is 10.4. The Hall–Kier alpha value is -2.33. The van der Waals surface area contributed by atoms with E-state index in [1.54, 1.807) is 14.2 Å². The first-order valence-electron chi connectivity index (χ1n) is 10.2. The number of hydrogen-bond donors (Lipinski definition) is 3. The lowest BCUT2D eigenvalue weighted by molar-refractivity contribution is -0.00000674. The van der Waals surface area contributed by atoms with Gasteiger partial charge in [0.1, 0.15) is 11.5 Å². The number of halogens is 1. The summed E-state index contributed by atoms with van der Waals surface area (Å²) in [5, 5.41) is 11.1. The topological polar surface area (TPSA) is 61.0 Å². The van der Waals surface area contributed by atoms with Crippen molar-refractivity contribution >= 4 is 46.0 Å². The number of ether oxygens (including phenoxy) is 2. The zero-order valence-electron chi connectivity index (χ0n) is 18.3. The number of nitrogens with one attached hydrogen (secondary N) is 3. The Kier molecular flexibility index (Phi) is 10.8. The molecule has 1 aliphatic heterocycles. The molecule has 10 heteroatoms. The largest absolute Gasteiger partial charge is 1.00 e. The molecule has 0 saturated carbocycles. The van der Waals surface area contributed by atoms with Crippen molar-refractivity contribution in [3.05, 3.63) is 48.5 Å². The fourth-order valence-corrected chi connectivity index (χ4v) is 3.75. The smallest absolute Gasteiger partial charge is 0.173 e. The Morgan fingerprint density at radius 3 is 1.81 bits per heavy atom. The minimum Gasteiger partial charge on any atom is -1.00 e. The van der Waals surface area contributed by atoms with Crippen LogP contribution in [0.4, 0.5) is 11.4 Å². The van der Waals surface area contributed by atoms with Crippen LogP contribution in [0, 0.1) is 0 Å². The lowest BCUT2D eigenvalue weighted by Gasteiger charge is -2.36. The van der Waals surface area contributed by atoms with Gasteiger partial charge in [0.25, 0.3) is 0 Å². The minimum absolute atomic E-state index is 0. The van der Waals surface area contributed by atoms with E-state index in [-0.39, 0.29) is 12.4 Å². The van der Waals surface area contributed by atoms with Crippen molar-refractivity contribution in [1.82, 2.24) is 15.1 Å². The van der Waals surface area contributed by atoms with Crippen LogP contribution in [-0.4, -0.2) is 73.5 Å². The molecule has 3 N–H and O–H groups in total. The van der Waals surface area contributed by atoms with Crippen molar-refractivity contribution in [2.75, 3.05) is 64.1 Å². The molecule has 1 aliphatic rings. The van der Waals surface area contributed by atoms with E-state index in [2.05, 4.69) is 25.8 Å². The van der Waals surface area contributed by atoms with Crippen LogP contribution < -0.4 is 37.8 Å². The summed E-state index contributed by atoms with van der Waals surface area (Å²) >= 11 is 11.0. The van der Waals surface area contributed by atoms with Crippen LogP contribution in [0.25, 0.3) is 0 Å². The van der Waals surface area contributed by atoms with E-state index in [9.17, 15) is 0 Å². The van der Waals surface area contributed by atoms with E-state index < -0.39 is 0 Å². The van der Waals surface area contributed by atoms with Gasteiger partial charge >= 0.3 is 0 Å². The van der Waals surface area contributed by atoms with E-state index in [1.807, 2.05) is 48.5 Å². The standard InChI is InChI=1S/C22H29N5O2S2.ClH/c1-28-19-7-3-17(4-8-19)24-21(30)23-11-12-26-13-15-27(16-14-26)22(31)25-18-5-9-20(29-2)10-6-18;/h3-10H,11-16H2,1-2H3,(H,25,31)(H2,23,24,30);1H/p-1. The maximum absolute atomic E-state index is 5.57. The van der Waals surface area contributed by atoms with Gasteiger partial charge in [0.15, 0.2) is 10.2 Å². The first kappa shape index (κ1) is 25.9. The number of thiocarbonyl (C=S) groups is 2. The summed E-state index contributed by atoms with van der Waals surface area (Å²) in [7, 11) is 3.31. The molecule has 0 spiro atoms. The van der Waals surface area contributed by atoms with Crippen molar-refractivity contribution in [2.24, 2.45) is 0 Å². The molecule has 0 unspecified atom stereocenters. The highest BCUT2D eigenvalue weighted by Crippen LogP contribution is 2.16. The molecule has 174 valence electrons. The van der Waals surface area contributed by atoms with Gasteiger partial charge in [-0.15, -0.1) is 0 Å². The third-order valence-electron chi connectivity index (χ3n) is 5.06. The summed E-state index contributed by atoms with van der Waals surface area (Å²) in [6.45, 7) is 5.44. The molecule has 1 heterocycles. The van der Waals surface area contributed by atoms with E-state index in [0.29, 0.717) is 5.11 Å².